The van der Waals surface area contributed by atoms with Crippen molar-refractivity contribution in [3.63, 3.8) is 0 Å². The number of nitrogens with zero attached hydrogens (tertiary/aromatic N) is 2. The highest BCUT2D eigenvalue weighted by atomic mass is 16.5. The van der Waals surface area contributed by atoms with E-state index in [1.165, 1.54) is 5.56 Å². The van der Waals surface area contributed by atoms with E-state index in [1.54, 1.807) is 7.11 Å². The fraction of sp³-hybridized carbons (Fsp3) is 0.611. The third-order valence-corrected chi connectivity index (χ3v) is 5.36. The number of urea groups is 1. The van der Waals surface area contributed by atoms with E-state index >= 15 is 0 Å². The van der Waals surface area contributed by atoms with Crippen LogP contribution < -0.4 is 15.0 Å². The number of hydrogen-bond donors (Lipinski definition) is 1. The predicted octanol–water partition coefficient (Wildman–Crippen LogP) is 2.60. The zero-order valence-corrected chi connectivity index (χ0v) is 14.4. The van der Waals surface area contributed by atoms with Crippen molar-refractivity contribution in [2.24, 2.45) is 0 Å². The van der Waals surface area contributed by atoms with Crippen molar-refractivity contribution < 1.29 is 9.53 Å². The molecule has 5 heteroatoms. The topological polar surface area (TPSA) is 44.8 Å². The molecule has 3 rings (SSSR count). The fourth-order valence-electron chi connectivity index (χ4n) is 3.93. The number of hydrogen-bond acceptors (Lipinski definition) is 3. The largest absolute Gasteiger partial charge is 0.497 e. The van der Waals surface area contributed by atoms with Crippen molar-refractivity contribution in [2.75, 3.05) is 44.7 Å². The Hall–Kier alpha value is -1.75. The minimum absolute atomic E-state index is 0.00807. The highest BCUT2D eigenvalue weighted by Gasteiger charge is 2.46. The number of benzene rings is 1. The number of likely N-dealkylation sites (tertiary alicyclic amines) is 1. The quantitative estimate of drug-likeness (QED) is 0.932. The smallest absolute Gasteiger partial charge is 0.321 e. The molecule has 1 N–H and O–H groups in total. The second kappa shape index (κ2) is 6.40. The summed E-state index contributed by atoms with van der Waals surface area (Å²) in [6, 6.07) is 6.12. The molecular formula is C18H27N3O2. The van der Waals surface area contributed by atoms with Gasteiger partial charge in [0.2, 0.25) is 0 Å². The lowest BCUT2D eigenvalue weighted by molar-refractivity contribution is 0.173. The maximum absolute atomic E-state index is 12.5. The number of methoxy groups -OCH3 is 1. The second-order valence-corrected chi connectivity index (χ2v) is 6.52. The first-order valence-electron chi connectivity index (χ1n) is 8.60. The predicted molar refractivity (Wildman–Crippen MR) is 92.4 cm³/mol. The molecule has 2 aliphatic heterocycles. The molecule has 1 aromatic rings. The molecule has 1 saturated heterocycles. The molecule has 0 aromatic heterocycles. The summed E-state index contributed by atoms with van der Waals surface area (Å²) in [6.45, 7) is 8.88. The molecule has 0 unspecified atom stereocenters. The van der Waals surface area contributed by atoms with Crippen LogP contribution in [-0.4, -0.2) is 50.8 Å². The molecule has 23 heavy (non-hydrogen) atoms. The van der Waals surface area contributed by atoms with Crippen LogP contribution in [0.1, 0.15) is 32.3 Å². The van der Waals surface area contributed by atoms with Gasteiger partial charge in [-0.2, -0.15) is 0 Å². The molecule has 2 amide bonds. The van der Waals surface area contributed by atoms with Crippen LogP contribution in [0.2, 0.25) is 0 Å². The molecule has 1 fully saturated rings. The minimum atomic E-state index is 0.00807. The van der Waals surface area contributed by atoms with E-state index in [0.717, 1.165) is 50.5 Å². The van der Waals surface area contributed by atoms with Gasteiger partial charge in [0.25, 0.3) is 0 Å². The van der Waals surface area contributed by atoms with Crippen molar-refractivity contribution in [3.05, 3.63) is 23.8 Å². The Balaban J connectivity index is 1.95. The van der Waals surface area contributed by atoms with Crippen LogP contribution in [0.3, 0.4) is 0 Å². The van der Waals surface area contributed by atoms with Crippen molar-refractivity contribution in [3.8, 4) is 5.75 Å². The summed E-state index contributed by atoms with van der Waals surface area (Å²) in [7, 11) is 1.70. The first kappa shape index (κ1) is 16.1. The van der Waals surface area contributed by atoms with Crippen LogP contribution in [-0.2, 0) is 5.41 Å². The van der Waals surface area contributed by atoms with E-state index in [0.29, 0.717) is 6.54 Å². The third kappa shape index (κ3) is 2.78. The number of amides is 2. The summed E-state index contributed by atoms with van der Waals surface area (Å²) in [5.41, 5.74) is 2.39. The Labute approximate surface area is 138 Å². The molecule has 0 aliphatic carbocycles. The van der Waals surface area contributed by atoms with Crippen molar-refractivity contribution >= 4 is 11.7 Å². The molecule has 0 saturated carbocycles. The molecule has 2 aliphatic rings. The Bertz CT molecular complexity index is 580. The lowest BCUT2D eigenvalue weighted by atomic mass is 9.74. The first-order valence-corrected chi connectivity index (χ1v) is 8.60. The average molecular weight is 317 g/mol. The summed E-state index contributed by atoms with van der Waals surface area (Å²) < 4.78 is 5.43. The Morgan fingerprint density at radius 2 is 2.04 bits per heavy atom. The molecule has 1 spiro atoms. The number of fused-ring (bicyclic) bond motifs is 2. The average Bonchev–Trinajstić information content (AvgIpc) is 2.90. The number of rotatable bonds is 3. The van der Waals surface area contributed by atoms with Gasteiger partial charge in [0.05, 0.1) is 7.11 Å². The summed E-state index contributed by atoms with van der Waals surface area (Å²) in [5, 5.41) is 2.94. The molecule has 0 bridgehead atoms. The molecule has 5 nitrogen and oxygen atoms in total. The molecule has 2 heterocycles. The summed E-state index contributed by atoms with van der Waals surface area (Å²) in [6.07, 6.45) is 2.19. The monoisotopic (exact) mass is 317 g/mol. The van der Waals surface area contributed by atoms with Crippen LogP contribution in [0.4, 0.5) is 10.5 Å². The number of carbonyl (C=O) groups excluding carboxylic acids is 1. The van der Waals surface area contributed by atoms with Crippen LogP contribution in [0, 0.1) is 0 Å². The Kier molecular flexibility index (Phi) is 4.48. The van der Waals surface area contributed by atoms with Gasteiger partial charge in [-0.25, -0.2) is 4.79 Å². The fourth-order valence-corrected chi connectivity index (χ4v) is 3.93. The van der Waals surface area contributed by atoms with Crippen molar-refractivity contribution in [1.82, 2.24) is 10.2 Å². The number of nitrogens with one attached hydrogen (secondary N) is 1. The van der Waals surface area contributed by atoms with Gasteiger partial charge in [-0.05, 0) is 63.2 Å². The van der Waals surface area contributed by atoms with Gasteiger partial charge in [0.15, 0.2) is 0 Å². The standard InChI is InChI=1S/C18H27N3O2/c1-4-19-17(22)21-13-18(8-10-20(5-2)11-9-18)15-12-14(23-3)6-7-16(15)21/h6-7,12H,4-5,8-11,13H2,1-3H3,(H,19,22). The lowest BCUT2D eigenvalue weighted by Gasteiger charge is -2.39. The van der Waals surface area contributed by atoms with Gasteiger partial charge in [0.1, 0.15) is 5.75 Å². The van der Waals surface area contributed by atoms with Crippen LogP contribution in [0.25, 0.3) is 0 Å². The second-order valence-electron chi connectivity index (χ2n) is 6.52. The number of piperidine rings is 1. The van der Waals surface area contributed by atoms with Crippen molar-refractivity contribution in [2.45, 2.75) is 32.1 Å². The van der Waals surface area contributed by atoms with E-state index in [4.69, 9.17) is 4.74 Å². The van der Waals surface area contributed by atoms with E-state index in [9.17, 15) is 4.79 Å². The molecular weight excluding hydrogens is 290 g/mol. The summed E-state index contributed by atoms with van der Waals surface area (Å²) >= 11 is 0. The summed E-state index contributed by atoms with van der Waals surface area (Å²) in [5.74, 6) is 0.874. The van der Waals surface area contributed by atoms with Crippen molar-refractivity contribution in [1.29, 1.82) is 0 Å². The number of ether oxygens (including phenoxy) is 1. The van der Waals surface area contributed by atoms with Gasteiger partial charge in [-0.15, -0.1) is 0 Å². The zero-order chi connectivity index (χ0) is 16.4. The normalized spacial score (nSPS) is 19.7. The van der Waals surface area contributed by atoms with Gasteiger partial charge in [0, 0.05) is 24.2 Å². The summed E-state index contributed by atoms with van der Waals surface area (Å²) in [4.78, 5) is 16.9. The minimum Gasteiger partial charge on any atom is -0.497 e. The Morgan fingerprint density at radius 1 is 1.30 bits per heavy atom. The lowest BCUT2D eigenvalue weighted by Crippen LogP contribution is -2.47. The van der Waals surface area contributed by atoms with Gasteiger partial charge in [-0.3, -0.25) is 4.90 Å². The first-order chi connectivity index (χ1) is 11.1. The van der Waals surface area contributed by atoms with E-state index in [-0.39, 0.29) is 11.4 Å². The molecule has 0 radical (unpaired) electrons. The molecule has 1 aromatic carbocycles. The maximum atomic E-state index is 12.5. The van der Waals surface area contributed by atoms with Gasteiger partial charge in [-0.1, -0.05) is 6.92 Å². The van der Waals surface area contributed by atoms with E-state index < -0.39 is 0 Å². The maximum Gasteiger partial charge on any atom is 0.321 e. The Morgan fingerprint density at radius 3 is 2.65 bits per heavy atom. The molecule has 0 atom stereocenters. The number of carbonyl (C=O) groups is 1. The van der Waals surface area contributed by atoms with Gasteiger partial charge < -0.3 is 15.0 Å². The zero-order valence-electron chi connectivity index (χ0n) is 14.4. The van der Waals surface area contributed by atoms with Crippen LogP contribution >= 0.6 is 0 Å². The van der Waals surface area contributed by atoms with Crippen LogP contribution in [0.15, 0.2) is 18.2 Å². The van der Waals surface area contributed by atoms with E-state index in [2.05, 4.69) is 23.2 Å². The SMILES string of the molecule is CCNC(=O)N1CC2(CCN(CC)CC2)c2cc(OC)ccc21. The highest BCUT2D eigenvalue weighted by molar-refractivity contribution is 5.95. The molecule has 126 valence electrons. The highest BCUT2D eigenvalue weighted by Crippen LogP contribution is 2.48. The number of anilines is 1. The van der Waals surface area contributed by atoms with E-state index in [1.807, 2.05) is 24.0 Å². The van der Waals surface area contributed by atoms with Crippen LogP contribution in [0.5, 0.6) is 5.75 Å². The van der Waals surface area contributed by atoms with Gasteiger partial charge >= 0.3 is 6.03 Å². The third-order valence-electron chi connectivity index (χ3n) is 5.36.